The molecule has 4 atom stereocenters. The van der Waals surface area contributed by atoms with Crippen LogP contribution in [-0.2, 0) is 41.6 Å². The van der Waals surface area contributed by atoms with E-state index in [9.17, 15) is 28.8 Å². The highest BCUT2D eigenvalue weighted by Crippen LogP contribution is 2.40. The van der Waals surface area contributed by atoms with Gasteiger partial charge in [0.1, 0.15) is 18.1 Å². The third-order valence-corrected chi connectivity index (χ3v) is 10.1. The number of aliphatic carboxylic acids is 1. The zero-order chi connectivity index (χ0) is 38.5. The Labute approximate surface area is 311 Å². The summed E-state index contributed by atoms with van der Waals surface area (Å²) < 4.78 is 0. The van der Waals surface area contributed by atoms with Gasteiger partial charge in [0.05, 0.1) is 6.04 Å². The van der Waals surface area contributed by atoms with E-state index >= 15 is 0 Å². The van der Waals surface area contributed by atoms with Crippen molar-refractivity contribution < 1.29 is 33.9 Å². The molecule has 2 aliphatic rings. The lowest BCUT2D eigenvalue weighted by molar-refractivity contribution is -0.165. The molecule has 0 aromatic heterocycles. The highest BCUT2D eigenvalue weighted by molar-refractivity contribution is 6.31. The number of unbranched alkanes of at least 4 members (excludes halogenated alkanes) is 1. The lowest BCUT2D eigenvalue weighted by atomic mass is 9.72. The molecular weight excluding hydrogens is 678 g/mol. The Morgan fingerprint density at radius 2 is 1.26 bits per heavy atom. The molecule has 0 unspecified atom stereocenters. The first-order valence-corrected chi connectivity index (χ1v) is 18.6. The summed E-state index contributed by atoms with van der Waals surface area (Å²) in [6.07, 6.45) is 3.60. The van der Waals surface area contributed by atoms with Crippen molar-refractivity contribution in [3.63, 3.8) is 0 Å². The van der Waals surface area contributed by atoms with E-state index in [1.54, 1.807) is 4.90 Å². The van der Waals surface area contributed by atoms with Crippen LogP contribution in [-0.4, -0.2) is 107 Å². The fourth-order valence-corrected chi connectivity index (χ4v) is 7.08. The number of nitrogens with two attached hydrogens (primary N) is 2. The summed E-state index contributed by atoms with van der Waals surface area (Å²) in [7, 11) is 0. The summed E-state index contributed by atoms with van der Waals surface area (Å²) >= 11 is 0. The highest BCUT2D eigenvalue weighted by Gasteiger charge is 2.48. The van der Waals surface area contributed by atoms with Gasteiger partial charge >= 0.3 is 11.9 Å². The molecule has 0 saturated carbocycles. The van der Waals surface area contributed by atoms with Crippen LogP contribution < -0.4 is 27.4 Å². The van der Waals surface area contributed by atoms with Gasteiger partial charge in [0.2, 0.25) is 23.6 Å². The summed E-state index contributed by atoms with van der Waals surface area (Å²) in [5.41, 5.74) is 13.5. The molecule has 8 N–H and O–H groups in total. The van der Waals surface area contributed by atoms with E-state index in [4.69, 9.17) is 16.6 Å². The molecule has 0 bridgehead atoms. The number of rotatable bonds is 17. The molecule has 5 amide bonds. The number of amides is 5. The van der Waals surface area contributed by atoms with Crippen LogP contribution in [0, 0.1) is 11.3 Å². The van der Waals surface area contributed by atoms with Crippen molar-refractivity contribution in [2.24, 2.45) is 22.8 Å². The van der Waals surface area contributed by atoms with Gasteiger partial charge in [-0.2, -0.15) is 0 Å². The minimum absolute atomic E-state index is 0.00670. The van der Waals surface area contributed by atoms with Gasteiger partial charge in [-0.15, -0.1) is 0 Å². The first-order valence-electron chi connectivity index (χ1n) is 18.6. The number of hydrogen-bond donors (Lipinski definition) is 6. The molecule has 2 aromatic rings. The smallest absolute Gasteiger partial charge is 0.394 e. The number of benzene rings is 2. The molecule has 2 fully saturated rings. The van der Waals surface area contributed by atoms with Gasteiger partial charge in [0, 0.05) is 38.0 Å². The molecule has 14 nitrogen and oxygen atoms in total. The van der Waals surface area contributed by atoms with Crippen molar-refractivity contribution in [2.75, 3.05) is 32.7 Å². The minimum Gasteiger partial charge on any atom is -0.474 e. The summed E-state index contributed by atoms with van der Waals surface area (Å²) in [6.45, 7) is 5.81. The van der Waals surface area contributed by atoms with Crippen LogP contribution in [0.2, 0.25) is 0 Å². The molecular formula is C39H55N7O7. The average molecular weight is 734 g/mol. The number of nitrogens with one attached hydrogen (secondary N) is 3. The Balaban J connectivity index is 1.44. The summed E-state index contributed by atoms with van der Waals surface area (Å²) in [4.78, 5) is 81.0. The molecule has 1 spiro atoms. The Bertz CT molecular complexity index is 1560. The SMILES string of the molecule is CC(C)C[C@@H](NC(=O)[C@@H](Cc1ccccc1)NC(=O)[C@H](N)Cc1ccccc1)C(=O)N[C@H](CCCCN)C(=O)N1CCC2(CC1)CN(C(=O)C(=O)O)C2. The van der Waals surface area contributed by atoms with Gasteiger partial charge in [-0.25, -0.2) is 4.79 Å². The molecule has 2 saturated heterocycles. The van der Waals surface area contributed by atoms with E-state index in [0.29, 0.717) is 71.2 Å². The number of nitrogens with zero attached hydrogens (tertiary/aromatic N) is 2. The molecule has 4 rings (SSSR count). The van der Waals surface area contributed by atoms with E-state index in [2.05, 4.69) is 16.0 Å². The third kappa shape index (κ3) is 11.8. The summed E-state index contributed by atoms with van der Waals surface area (Å²) in [5.74, 6) is -4.16. The molecule has 2 heterocycles. The van der Waals surface area contributed by atoms with Crippen LogP contribution in [0.5, 0.6) is 0 Å². The van der Waals surface area contributed by atoms with Gasteiger partial charge in [0.25, 0.3) is 0 Å². The van der Waals surface area contributed by atoms with Crippen molar-refractivity contribution in [1.82, 2.24) is 25.8 Å². The average Bonchev–Trinajstić information content (AvgIpc) is 3.12. The van der Waals surface area contributed by atoms with E-state index in [-0.39, 0.29) is 30.1 Å². The molecule has 288 valence electrons. The zero-order valence-electron chi connectivity index (χ0n) is 30.8. The highest BCUT2D eigenvalue weighted by atomic mass is 16.4. The van der Waals surface area contributed by atoms with Crippen LogP contribution in [0.15, 0.2) is 60.7 Å². The standard InChI is InChI=1S/C39H55N7O7/c1-26(2)21-31(44-35(49)32(23-28-13-7-4-8-14-28)43-33(47)29(41)22-27-11-5-3-6-12-27)34(48)42-30(15-9-10-18-40)36(50)45-19-16-39(17-20-45)24-46(25-39)37(51)38(52)53/h3-8,11-14,26,29-32H,9-10,15-25,40-41H2,1-2H3,(H,42,48)(H,43,47)(H,44,49)(H,52,53)/t29-,30-,31-,32-/m1/s1. The number of carbonyl (C=O) groups excluding carboxylic acids is 5. The maximum absolute atomic E-state index is 14.0. The minimum atomic E-state index is -1.48. The summed E-state index contributed by atoms with van der Waals surface area (Å²) in [5, 5.41) is 17.7. The maximum Gasteiger partial charge on any atom is 0.394 e. The Morgan fingerprint density at radius 3 is 1.81 bits per heavy atom. The van der Waals surface area contributed by atoms with E-state index < -0.39 is 53.8 Å². The molecule has 0 aliphatic carbocycles. The number of hydrogen-bond acceptors (Lipinski definition) is 8. The Morgan fingerprint density at radius 1 is 0.736 bits per heavy atom. The lowest BCUT2D eigenvalue weighted by Crippen LogP contribution is -2.64. The van der Waals surface area contributed by atoms with Crippen LogP contribution in [0.4, 0.5) is 0 Å². The van der Waals surface area contributed by atoms with Gasteiger partial charge < -0.3 is 42.3 Å². The number of likely N-dealkylation sites (tertiary alicyclic amines) is 2. The van der Waals surface area contributed by atoms with E-state index in [0.717, 1.165) is 11.1 Å². The van der Waals surface area contributed by atoms with Gasteiger partial charge in [-0.3, -0.25) is 24.0 Å². The molecule has 14 heteroatoms. The molecule has 53 heavy (non-hydrogen) atoms. The predicted molar refractivity (Wildman–Crippen MR) is 199 cm³/mol. The predicted octanol–water partition coefficient (Wildman–Crippen LogP) is 0.964. The van der Waals surface area contributed by atoms with Crippen molar-refractivity contribution in [2.45, 2.75) is 89.4 Å². The first kappa shape index (κ1) is 40.9. The van der Waals surface area contributed by atoms with Crippen LogP contribution in [0.25, 0.3) is 0 Å². The second-order valence-electron chi connectivity index (χ2n) is 14.9. The van der Waals surface area contributed by atoms with Gasteiger partial charge in [0.15, 0.2) is 0 Å². The van der Waals surface area contributed by atoms with Crippen LogP contribution >= 0.6 is 0 Å². The van der Waals surface area contributed by atoms with Gasteiger partial charge in [-0.05, 0) is 68.5 Å². The number of carboxylic acid groups (broad SMARTS) is 1. The lowest BCUT2D eigenvalue weighted by Gasteiger charge is -2.53. The first-order chi connectivity index (χ1) is 25.3. The van der Waals surface area contributed by atoms with Gasteiger partial charge in [-0.1, -0.05) is 74.5 Å². The number of piperidine rings is 1. The topological polar surface area (TPSA) is 217 Å². The van der Waals surface area contributed by atoms with Crippen molar-refractivity contribution in [3.05, 3.63) is 71.8 Å². The largest absolute Gasteiger partial charge is 0.474 e. The fraction of sp³-hybridized carbons (Fsp3) is 0.538. The number of carbonyl (C=O) groups is 6. The van der Waals surface area contributed by atoms with Crippen molar-refractivity contribution >= 4 is 35.5 Å². The van der Waals surface area contributed by atoms with E-state index in [1.807, 2.05) is 74.5 Å². The second-order valence-corrected chi connectivity index (χ2v) is 14.9. The quantitative estimate of drug-likeness (QED) is 0.101. The molecule has 2 aromatic carbocycles. The molecule has 2 aliphatic heterocycles. The van der Waals surface area contributed by atoms with E-state index in [1.165, 1.54) is 4.90 Å². The fourth-order valence-electron chi connectivity index (χ4n) is 7.08. The monoisotopic (exact) mass is 733 g/mol. The van der Waals surface area contributed by atoms with Crippen molar-refractivity contribution in [1.29, 1.82) is 0 Å². The third-order valence-electron chi connectivity index (χ3n) is 10.1. The Kier molecular flexibility index (Phi) is 14.9. The normalized spacial score (nSPS) is 17.2. The number of carboxylic acids is 1. The Hall–Kier alpha value is -4.82. The zero-order valence-corrected chi connectivity index (χ0v) is 30.8. The molecule has 0 radical (unpaired) electrons. The second kappa shape index (κ2) is 19.3. The van der Waals surface area contributed by atoms with Crippen LogP contribution in [0.3, 0.4) is 0 Å². The van der Waals surface area contributed by atoms with Crippen LogP contribution in [0.1, 0.15) is 63.5 Å². The maximum atomic E-state index is 14.0. The summed E-state index contributed by atoms with van der Waals surface area (Å²) in [6, 6.07) is 14.8. The van der Waals surface area contributed by atoms with Crippen molar-refractivity contribution in [3.8, 4) is 0 Å².